The number of rotatable bonds is 16. The Morgan fingerprint density at radius 2 is 0.609 bits per heavy atom. The largest absolute Gasteiger partial charge is 2.00 e. The van der Waals surface area contributed by atoms with Crippen molar-refractivity contribution in [3.63, 3.8) is 0 Å². The van der Waals surface area contributed by atoms with Crippen molar-refractivity contribution in [1.29, 1.82) is 0 Å². The van der Waals surface area contributed by atoms with Gasteiger partial charge in [0.1, 0.15) is 0 Å². The number of unbranched alkanes of at least 4 members (excludes halogenated alkanes) is 8. The fourth-order valence-corrected chi connectivity index (χ4v) is 2.12. The molecule has 0 aromatic rings. The van der Waals surface area contributed by atoms with Gasteiger partial charge in [0.15, 0.2) is 0 Å². The van der Waals surface area contributed by atoms with E-state index in [0.29, 0.717) is 0 Å². The summed E-state index contributed by atoms with van der Waals surface area (Å²) >= 11 is 0. The fraction of sp³-hybridized carbons (Fsp3) is 1.00. The Morgan fingerprint density at radius 3 is 0.783 bits per heavy atom. The second-order valence-electron chi connectivity index (χ2n) is 6.17. The van der Waals surface area contributed by atoms with Crippen LogP contribution >= 0.6 is 0 Å². The summed E-state index contributed by atoms with van der Waals surface area (Å²) in [6.07, 6.45) is 15.8. The minimum absolute atomic E-state index is 0. The summed E-state index contributed by atoms with van der Waals surface area (Å²) in [6.45, 7) is 13.3. The van der Waals surface area contributed by atoms with Crippen LogP contribution in [0, 0.1) is 0 Å². The van der Waals surface area contributed by atoms with Crippen molar-refractivity contribution in [3.8, 4) is 0 Å². The smallest absolute Gasteiger partial charge is 0.662 e. The second-order valence-corrected chi connectivity index (χ2v) is 6.17. The zero-order valence-electron chi connectivity index (χ0n) is 16.9. The first-order chi connectivity index (χ1) is 10.8. The molecule has 0 spiro atoms. The van der Waals surface area contributed by atoms with Crippen LogP contribution < -0.4 is 0 Å². The van der Waals surface area contributed by atoms with Crippen molar-refractivity contribution in [2.75, 3.05) is 26.2 Å². The third-order valence-electron chi connectivity index (χ3n) is 3.68. The van der Waals surface area contributed by atoms with Gasteiger partial charge < -0.3 is 10.6 Å². The van der Waals surface area contributed by atoms with Gasteiger partial charge in [-0.05, 0) is 0 Å². The molecule has 136 valence electrons. The molecular formula is C20H44CaN2. The van der Waals surface area contributed by atoms with Crippen molar-refractivity contribution in [2.24, 2.45) is 0 Å². The molecule has 0 aliphatic carbocycles. The zero-order chi connectivity index (χ0) is 16.7. The first-order valence-corrected chi connectivity index (χ1v) is 10.1. The quantitative estimate of drug-likeness (QED) is 0.209. The number of nitrogens with zero attached hydrogens (tertiary/aromatic N) is 2. The maximum Gasteiger partial charge on any atom is 2.00 e. The van der Waals surface area contributed by atoms with E-state index in [-0.39, 0.29) is 37.7 Å². The second kappa shape index (κ2) is 31.0. The van der Waals surface area contributed by atoms with Crippen LogP contribution in [0.1, 0.15) is 105 Å². The van der Waals surface area contributed by atoms with Crippen LogP contribution in [0.25, 0.3) is 10.6 Å². The van der Waals surface area contributed by atoms with Gasteiger partial charge in [0.25, 0.3) is 0 Å². The maximum absolute atomic E-state index is 4.45. The van der Waals surface area contributed by atoms with Crippen LogP contribution in [0.3, 0.4) is 0 Å². The Labute approximate surface area is 178 Å². The molecule has 0 amide bonds. The first kappa shape index (κ1) is 29.0. The molecule has 0 aromatic carbocycles. The van der Waals surface area contributed by atoms with Crippen molar-refractivity contribution < 1.29 is 0 Å². The van der Waals surface area contributed by atoms with Gasteiger partial charge in [-0.15, -0.1) is 26.2 Å². The molecule has 0 bridgehead atoms. The molecule has 0 aliphatic heterocycles. The minimum Gasteiger partial charge on any atom is -0.662 e. The van der Waals surface area contributed by atoms with Gasteiger partial charge >= 0.3 is 37.7 Å². The summed E-state index contributed by atoms with van der Waals surface area (Å²) in [4.78, 5) is 0. The van der Waals surface area contributed by atoms with Crippen molar-refractivity contribution in [3.05, 3.63) is 10.6 Å². The van der Waals surface area contributed by atoms with Crippen molar-refractivity contribution in [2.45, 2.75) is 105 Å². The van der Waals surface area contributed by atoms with Crippen LogP contribution in [-0.4, -0.2) is 63.9 Å². The van der Waals surface area contributed by atoms with Gasteiger partial charge in [-0.25, -0.2) is 0 Å². The minimum atomic E-state index is 0. The molecule has 3 heteroatoms. The van der Waals surface area contributed by atoms with E-state index in [1.807, 2.05) is 0 Å². The summed E-state index contributed by atoms with van der Waals surface area (Å²) in [7, 11) is 0. The van der Waals surface area contributed by atoms with E-state index < -0.39 is 0 Å². The molecule has 0 N–H and O–H groups in total. The zero-order valence-corrected chi connectivity index (χ0v) is 19.1. The number of hydrogen-bond donors (Lipinski definition) is 0. The predicted octanol–water partition coefficient (Wildman–Crippen LogP) is 7.10. The summed E-state index contributed by atoms with van der Waals surface area (Å²) in [6, 6.07) is 0. The van der Waals surface area contributed by atoms with Gasteiger partial charge in [0.05, 0.1) is 0 Å². The van der Waals surface area contributed by atoms with E-state index in [9.17, 15) is 0 Å². The average molecular weight is 353 g/mol. The summed E-state index contributed by atoms with van der Waals surface area (Å²) in [5.41, 5.74) is 0. The van der Waals surface area contributed by atoms with E-state index >= 15 is 0 Å². The van der Waals surface area contributed by atoms with E-state index in [2.05, 4.69) is 38.3 Å². The van der Waals surface area contributed by atoms with Crippen LogP contribution in [0.4, 0.5) is 0 Å². The molecule has 0 unspecified atom stereocenters. The normalized spacial score (nSPS) is 9.91. The van der Waals surface area contributed by atoms with Crippen molar-refractivity contribution >= 4 is 37.7 Å². The Bertz CT molecular complexity index is 132. The van der Waals surface area contributed by atoms with Gasteiger partial charge in [-0.1, -0.05) is 105 Å². The molecule has 0 aromatic heterocycles. The molecule has 0 saturated carbocycles. The molecule has 23 heavy (non-hydrogen) atoms. The van der Waals surface area contributed by atoms with E-state index in [4.69, 9.17) is 0 Å². The summed E-state index contributed by atoms with van der Waals surface area (Å²) < 4.78 is 0. The van der Waals surface area contributed by atoms with Gasteiger partial charge in [-0.3, -0.25) is 0 Å². The summed E-state index contributed by atoms with van der Waals surface area (Å²) in [5, 5.41) is 8.89. The Balaban J connectivity index is -0.000000333. The molecule has 0 atom stereocenters. The molecule has 0 saturated heterocycles. The van der Waals surface area contributed by atoms with Crippen LogP contribution in [0.5, 0.6) is 0 Å². The maximum atomic E-state index is 4.45. The SMILES string of the molecule is CCCCC[N-]CCCCC.CCCCC[N-]CCCCC.[Ca+2]. The monoisotopic (exact) mass is 352 g/mol. The van der Waals surface area contributed by atoms with Crippen molar-refractivity contribution in [1.82, 2.24) is 0 Å². The average Bonchev–Trinajstić information content (AvgIpc) is 2.54. The topological polar surface area (TPSA) is 28.2 Å². The van der Waals surface area contributed by atoms with Gasteiger partial charge in [-0.2, -0.15) is 0 Å². The molecule has 0 fully saturated rings. The Morgan fingerprint density at radius 1 is 0.391 bits per heavy atom. The van der Waals surface area contributed by atoms with Crippen LogP contribution in [0.2, 0.25) is 0 Å². The van der Waals surface area contributed by atoms with Gasteiger partial charge in [0.2, 0.25) is 0 Å². The van der Waals surface area contributed by atoms with E-state index in [1.165, 1.54) is 77.0 Å². The molecule has 0 heterocycles. The standard InChI is InChI=1S/2C10H22N.Ca/c2*1-3-5-7-9-11-10-8-6-4-2;/h2*3-10H2,1-2H3;/q2*-1;+2. The third-order valence-corrected chi connectivity index (χ3v) is 3.68. The molecule has 0 radical (unpaired) electrons. The fourth-order valence-electron chi connectivity index (χ4n) is 2.12. The van der Waals surface area contributed by atoms with E-state index in [1.54, 1.807) is 0 Å². The predicted molar refractivity (Wildman–Crippen MR) is 110 cm³/mol. The van der Waals surface area contributed by atoms with Gasteiger partial charge in [0, 0.05) is 0 Å². The molecule has 2 nitrogen and oxygen atoms in total. The molecule has 0 rings (SSSR count). The molecule has 0 aliphatic rings. The Hall–Kier alpha value is 1.18. The summed E-state index contributed by atoms with van der Waals surface area (Å²) in [5.74, 6) is 0. The third kappa shape index (κ3) is 35.2. The first-order valence-electron chi connectivity index (χ1n) is 10.1. The Kier molecular flexibility index (Phi) is 39.0. The van der Waals surface area contributed by atoms with E-state index in [0.717, 1.165) is 26.2 Å². The number of hydrogen-bond acceptors (Lipinski definition) is 0. The van der Waals surface area contributed by atoms with Crippen LogP contribution in [-0.2, 0) is 0 Å². The molecular weight excluding hydrogens is 308 g/mol. The van der Waals surface area contributed by atoms with Crippen LogP contribution in [0.15, 0.2) is 0 Å².